The van der Waals surface area contributed by atoms with Crippen molar-refractivity contribution >= 4 is 39.0 Å². The van der Waals surface area contributed by atoms with Gasteiger partial charge in [0.15, 0.2) is 0 Å². The highest BCUT2D eigenvalue weighted by Crippen LogP contribution is 2.35. The Morgan fingerprint density at radius 2 is 1.97 bits per heavy atom. The van der Waals surface area contributed by atoms with Gasteiger partial charge in [-0.3, -0.25) is 15.1 Å². The number of fused-ring (bicyclic) bond motifs is 2. The number of aromatic nitrogens is 6. The van der Waals surface area contributed by atoms with Crippen LogP contribution in [-0.2, 0) is 0 Å². The van der Waals surface area contributed by atoms with Gasteiger partial charge >= 0.3 is 0 Å². The second kappa shape index (κ2) is 8.42. The van der Waals surface area contributed by atoms with E-state index in [-0.39, 0.29) is 0 Å². The molecule has 0 aliphatic heterocycles. The lowest BCUT2D eigenvalue weighted by Crippen LogP contribution is -2.18. The monoisotopic (exact) mass is 489 g/mol. The fraction of sp³-hybridized carbons (Fsp3) is 0.143. The molecule has 6 aromatic rings. The van der Waals surface area contributed by atoms with E-state index in [9.17, 15) is 0 Å². The van der Waals surface area contributed by atoms with Gasteiger partial charge in [0, 0.05) is 34.4 Å². The van der Waals surface area contributed by atoms with Crippen LogP contribution in [-0.4, -0.2) is 30.1 Å². The van der Waals surface area contributed by atoms with Crippen LogP contribution in [0.15, 0.2) is 78.2 Å². The molecule has 7 rings (SSSR count). The van der Waals surface area contributed by atoms with E-state index in [0.717, 1.165) is 61.5 Å². The largest absolute Gasteiger partial charge is 0.358 e. The van der Waals surface area contributed by atoms with Crippen molar-refractivity contribution in [3.63, 3.8) is 0 Å². The first-order valence-corrected chi connectivity index (χ1v) is 12.9. The molecule has 0 saturated heterocycles. The predicted molar refractivity (Wildman–Crippen MR) is 146 cm³/mol. The lowest BCUT2D eigenvalue weighted by Gasteiger charge is -2.28. The summed E-state index contributed by atoms with van der Waals surface area (Å²) in [5.74, 6) is 0.558. The summed E-state index contributed by atoms with van der Waals surface area (Å²) in [5, 5.41) is 17.5. The number of aromatic amines is 2. The average Bonchev–Trinajstić information content (AvgIpc) is 3.61. The molecule has 0 aromatic carbocycles. The van der Waals surface area contributed by atoms with E-state index >= 15 is 0 Å². The van der Waals surface area contributed by atoms with Gasteiger partial charge in [-0.15, -0.1) is 0 Å². The van der Waals surface area contributed by atoms with Crippen LogP contribution in [0.5, 0.6) is 0 Å². The second-order valence-electron chi connectivity index (χ2n) is 9.24. The molecule has 176 valence electrons. The number of rotatable bonds is 6. The summed E-state index contributed by atoms with van der Waals surface area (Å²) >= 11 is 1.69. The van der Waals surface area contributed by atoms with Crippen molar-refractivity contribution in [3.8, 4) is 33.8 Å². The fourth-order valence-corrected chi connectivity index (χ4v) is 5.45. The van der Waals surface area contributed by atoms with Crippen molar-refractivity contribution in [2.24, 2.45) is 5.92 Å². The maximum atomic E-state index is 4.67. The Kier molecular flexibility index (Phi) is 4.92. The number of nitrogens with zero attached hydrogens (tertiary/aromatic N) is 4. The number of hydrogen-bond donors (Lipinski definition) is 3. The predicted octanol–water partition coefficient (Wildman–Crippen LogP) is 7.02. The maximum Gasteiger partial charge on any atom is 0.138 e. The van der Waals surface area contributed by atoms with E-state index in [0.29, 0.717) is 5.92 Å². The third-order valence-electron chi connectivity index (χ3n) is 7.00. The zero-order valence-corrected chi connectivity index (χ0v) is 20.3. The van der Waals surface area contributed by atoms with Gasteiger partial charge in [0.05, 0.1) is 35.0 Å². The van der Waals surface area contributed by atoms with Gasteiger partial charge in [-0.05, 0) is 71.0 Å². The smallest absolute Gasteiger partial charge is 0.138 e. The van der Waals surface area contributed by atoms with Crippen molar-refractivity contribution in [2.75, 3.05) is 5.32 Å². The molecule has 1 aliphatic rings. The van der Waals surface area contributed by atoms with E-state index in [1.807, 2.05) is 24.8 Å². The zero-order valence-electron chi connectivity index (χ0n) is 19.5. The number of H-pyrrole nitrogens is 2. The van der Waals surface area contributed by atoms with E-state index in [4.69, 9.17) is 0 Å². The Labute approximate surface area is 211 Å². The minimum Gasteiger partial charge on any atom is -0.358 e. The first kappa shape index (κ1) is 21.0. The quantitative estimate of drug-likeness (QED) is 0.234. The Morgan fingerprint density at radius 1 is 1.03 bits per heavy atom. The third kappa shape index (κ3) is 3.58. The number of hydrogen-bond acceptors (Lipinski definition) is 6. The Balaban J connectivity index is 1.26. The molecule has 6 aromatic heterocycles. The maximum absolute atomic E-state index is 4.67. The number of nitrogens with one attached hydrogen (secondary N) is 3. The lowest BCUT2D eigenvalue weighted by atomic mass is 9.83. The molecule has 0 unspecified atom stereocenters. The van der Waals surface area contributed by atoms with Crippen LogP contribution in [0.1, 0.15) is 19.3 Å². The van der Waals surface area contributed by atoms with Crippen molar-refractivity contribution in [1.82, 2.24) is 30.1 Å². The second-order valence-corrected chi connectivity index (χ2v) is 10.0. The molecule has 36 heavy (non-hydrogen) atoms. The van der Waals surface area contributed by atoms with E-state index in [2.05, 4.69) is 83.1 Å². The molecule has 3 N–H and O–H groups in total. The molecule has 1 fully saturated rings. The minimum absolute atomic E-state index is 0.558. The summed E-state index contributed by atoms with van der Waals surface area (Å²) in [5.41, 5.74) is 9.58. The van der Waals surface area contributed by atoms with Crippen LogP contribution in [0.4, 0.5) is 5.69 Å². The summed E-state index contributed by atoms with van der Waals surface area (Å²) in [6.45, 7) is 4.22. The number of thiophene rings is 1. The van der Waals surface area contributed by atoms with E-state index in [1.54, 1.807) is 11.3 Å². The van der Waals surface area contributed by atoms with Crippen molar-refractivity contribution in [3.05, 3.63) is 78.2 Å². The highest BCUT2D eigenvalue weighted by molar-refractivity contribution is 7.08. The number of allylic oxidation sites excluding steroid dienone is 1. The van der Waals surface area contributed by atoms with Crippen LogP contribution in [0.3, 0.4) is 0 Å². The molecule has 7 nitrogen and oxygen atoms in total. The molecular weight excluding hydrogens is 466 g/mol. The Morgan fingerprint density at radius 3 is 2.81 bits per heavy atom. The van der Waals surface area contributed by atoms with Crippen LogP contribution >= 0.6 is 11.3 Å². The summed E-state index contributed by atoms with van der Waals surface area (Å²) in [6.07, 6.45) is 11.0. The Bertz CT molecular complexity index is 1720. The minimum atomic E-state index is 0.558. The summed E-state index contributed by atoms with van der Waals surface area (Å²) in [6, 6.07) is 10.5. The topological polar surface area (TPSA) is 95.2 Å². The number of anilines is 1. The molecule has 0 atom stereocenters. The van der Waals surface area contributed by atoms with Crippen LogP contribution < -0.4 is 5.32 Å². The molecule has 0 bridgehead atoms. The Hall–Kier alpha value is -4.30. The van der Waals surface area contributed by atoms with E-state index in [1.165, 1.54) is 24.8 Å². The summed E-state index contributed by atoms with van der Waals surface area (Å²) in [4.78, 5) is 17.1. The third-order valence-corrected chi connectivity index (χ3v) is 7.69. The van der Waals surface area contributed by atoms with Gasteiger partial charge in [0.25, 0.3) is 0 Å². The van der Waals surface area contributed by atoms with Crippen LogP contribution in [0.25, 0.3) is 55.7 Å². The molecule has 8 heteroatoms. The first-order valence-electron chi connectivity index (χ1n) is 12.0. The zero-order chi connectivity index (χ0) is 24.1. The highest BCUT2D eigenvalue weighted by Gasteiger charge is 2.21. The van der Waals surface area contributed by atoms with Gasteiger partial charge in [0.1, 0.15) is 11.3 Å². The average molecular weight is 490 g/mol. The normalized spacial score (nSPS) is 13.8. The molecule has 1 aliphatic carbocycles. The molecular formula is C28H23N7S. The molecule has 0 spiro atoms. The van der Waals surface area contributed by atoms with Gasteiger partial charge in [0.2, 0.25) is 0 Å². The number of pyridine rings is 3. The molecule has 1 saturated carbocycles. The van der Waals surface area contributed by atoms with E-state index < -0.39 is 0 Å². The van der Waals surface area contributed by atoms with Gasteiger partial charge in [-0.25, -0.2) is 4.98 Å². The standard InChI is InChI=1S/C28H23N7S/c1-16(17-3-2-4-17)32-20-9-19(12-29-13-20)24-11-23-26(14-31-24)34-35-27(23)25-10-22-21(18-6-8-36-15-18)5-7-30-28(22)33-25/h5-15,17,32H,1-4H2,(H,30,33)(H,34,35). The van der Waals surface area contributed by atoms with Crippen molar-refractivity contribution < 1.29 is 0 Å². The fourth-order valence-electron chi connectivity index (χ4n) is 4.80. The van der Waals surface area contributed by atoms with Crippen LogP contribution in [0.2, 0.25) is 0 Å². The van der Waals surface area contributed by atoms with Gasteiger partial charge < -0.3 is 10.3 Å². The SMILES string of the molecule is C=C(Nc1cncc(-c2cc3c(-c4cc5c(-c6ccsc6)ccnc5[nH]4)n[nH]c3cn2)c1)C1CCC1. The molecule has 0 radical (unpaired) electrons. The lowest BCUT2D eigenvalue weighted by molar-refractivity contribution is 0.371. The van der Waals surface area contributed by atoms with Gasteiger partial charge in [-0.2, -0.15) is 16.4 Å². The first-order chi connectivity index (χ1) is 17.7. The van der Waals surface area contributed by atoms with Gasteiger partial charge in [-0.1, -0.05) is 13.0 Å². The molecule has 0 amide bonds. The summed E-state index contributed by atoms with van der Waals surface area (Å²) < 4.78 is 0. The van der Waals surface area contributed by atoms with Crippen LogP contribution in [0, 0.1) is 5.92 Å². The molecule has 6 heterocycles. The highest BCUT2D eigenvalue weighted by atomic mass is 32.1. The van der Waals surface area contributed by atoms with Crippen molar-refractivity contribution in [1.29, 1.82) is 0 Å². The van der Waals surface area contributed by atoms with Crippen molar-refractivity contribution in [2.45, 2.75) is 19.3 Å². The summed E-state index contributed by atoms with van der Waals surface area (Å²) in [7, 11) is 0.